The molecule has 0 amide bonds. The maximum absolute atomic E-state index is 5.76. The fourth-order valence-corrected chi connectivity index (χ4v) is 2.28. The van der Waals surface area contributed by atoms with Crippen LogP contribution in [0.1, 0.15) is 18.4 Å². The maximum Gasteiger partial charge on any atom is 0.129 e. The van der Waals surface area contributed by atoms with Crippen molar-refractivity contribution in [1.29, 1.82) is 0 Å². The molecule has 1 saturated heterocycles. The second-order valence-corrected chi connectivity index (χ2v) is 4.77. The molecule has 0 spiro atoms. The molecule has 0 aromatic carbocycles. The maximum atomic E-state index is 5.76. The average Bonchev–Trinajstić information content (AvgIpc) is 2.33. The van der Waals surface area contributed by atoms with E-state index in [4.69, 9.17) is 11.6 Å². The molecule has 16 heavy (non-hydrogen) atoms. The van der Waals surface area contributed by atoms with E-state index in [1.54, 1.807) is 0 Å². The normalized spacial score (nSPS) is 17.9. The summed E-state index contributed by atoms with van der Waals surface area (Å²) in [5, 5.41) is 3.95. The zero-order chi connectivity index (χ0) is 11.4. The first-order chi connectivity index (χ1) is 7.75. The smallest absolute Gasteiger partial charge is 0.129 e. The highest BCUT2D eigenvalue weighted by atomic mass is 35.5. The highest BCUT2D eigenvalue weighted by molar-refractivity contribution is 6.29. The Labute approximate surface area is 102 Å². The van der Waals surface area contributed by atoms with Crippen LogP contribution in [0.5, 0.6) is 0 Å². The molecule has 1 aliphatic rings. The first-order valence-electron chi connectivity index (χ1n) is 5.77. The van der Waals surface area contributed by atoms with Crippen LogP contribution in [0.3, 0.4) is 0 Å². The van der Waals surface area contributed by atoms with Crippen LogP contribution < -0.4 is 5.32 Å². The van der Waals surface area contributed by atoms with Gasteiger partial charge in [0.1, 0.15) is 5.15 Å². The minimum atomic E-state index is 0.563. The molecule has 88 valence electrons. The van der Waals surface area contributed by atoms with Gasteiger partial charge in [-0.25, -0.2) is 4.98 Å². The molecular formula is C12H18ClN3. The van der Waals surface area contributed by atoms with Gasteiger partial charge < -0.3 is 5.32 Å². The number of piperidine rings is 1. The average molecular weight is 240 g/mol. The minimum absolute atomic E-state index is 0.563. The van der Waals surface area contributed by atoms with Crippen LogP contribution in [0.15, 0.2) is 18.3 Å². The lowest BCUT2D eigenvalue weighted by atomic mass is 10.0. The van der Waals surface area contributed by atoms with Crippen LogP contribution in [0.2, 0.25) is 5.15 Å². The fraction of sp³-hybridized carbons (Fsp3) is 0.583. The van der Waals surface area contributed by atoms with Gasteiger partial charge in [0.25, 0.3) is 0 Å². The molecule has 4 heteroatoms. The SMILES string of the molecule is CN(Cc1ccc(Cl)nc1)C1CCNCC1. The van der Waals surface area contributed by atoms with Gasteiger partial charge in [-0.05, 0) is 44.6 Å². The summed E-state index contributed by atoms with van der Waals surface area (Å²) < 4.78 is 0. The van der Waals surface area contributed by atoms with Crippen LogP contribution in [-0.2, 0) is 6.54 Å². The number of pyridine rings is 1. The second-order valence-electron chi connectivity index (χ2n) is 4.39. The summed E-state index contributed by atoms with van der Waals surface area (Å²) in [4.78, 5) is 6.51. The van der Waals surface area contributed by atoms with E-state index in [1.807, 2.05) is 18.3 Å². The molecule has 1 N–H and O–H groups in total. The van der Waals surface area contributed by atoms with Crippen molar-refractivity contribution < 1.29 is 0 Å². The predicted octanol–water partition coefficient (Wildman–Crippen LogP) is 1.92. The molecule has 3 nitrogen and oxygen atoms in total. The van der Waals surface area contributed by atoms with E-state index >= 15 is 0 Å². The predicted molar refractivity (Wildman–Crippen MR) is 66.6 cm³/mol. The van der Waals surface area contributed by atoms with E-state index in [2.05, 4.69) is 22.2 Å². The lowest BCUT2D eigenvalue weighted by Crippen LogP contribution is -2.40. The Morgan fingerprint density at radius 2 is 2.19 bits per heavy atom. The van der Waals surface area contributed by atoms with Crippen LogP contribution in [0, 0.1) is 0 Å². The molecule has 0 saturated carbocycles. The number of rotatable bonds is 3. The van der Waals surface area contributed by atoms with Crippen molar-refractivity contribution in [2.75, 3.05) is 20.1 Å². The monoisotopic (exact) mass is 239 g/mol. The van der Waals surface area contributed by atoms with Crippen molar-refractivity contribution in [2.45, 2.75) is 25.4 Å². The summed E-state index contributed by atoms with van der Waals surface area (Å²) in [6.45, 7) is 3.22. The molecule has 0 atom stereocenters. The summed E-state index contributed by atoms with van der Waals surface area (Å²) in [6.07, 6.45) is 4.33. The standard InChI is InChI=1S/C12H18ClN3/c1-16(11-4-6-14-7-5-11)9-10-2-3-12(13)15-8-10/h2-3,8,11,14H,4-7,9H2,1H3. The number of aromatic nitrogens is 1. The Balaban J connectivity index is 1.90. The van der Waals surface area contributed by atoms with E-state index < -0.39 is 0 Å². The van der Waals surface area contributed by atoms with Gasteiger partial charge in [0.2, 0.25) is 0 Å². The van der Waals surface area contributed by atoms with Gasteiger partial charge in [-0.3, -0.25) is 4.90 Å². The van der Waals surface area contributed by atoms with Gasteiger partial charge >= 0.3 is 0 Å². The molecule has 2 heterocycles. The Hall–Kier alpha value is -0.640. The molecule has 1 aliphatic heterocycles. The molecule has 0 aliphatic carbocycles. The Kier molecular flexibility index (Phi) is 4.16. The summed E-state index contributed by atoms with van der Waals surface area (Å²) in [6, 6.07) is 4.59. The first kappa shape index (κ1) is 11.8. The summed E-state index contributed by atoms with van der Waals surface area (Å²) in [5.74, 6) is 0. The van der Waals surface area contributed by atoms with Gasteiger partial charge in [-0.2, -0.15) is 0 Å². The van der Waals surface area contributed by atoms with Crippen LogP contribution in [0.25, 0.3) is 0 Å². The first-order valence-corrected chi connectivity index (χ1v) is 6.15. The molecular weight excluding hydrogens is 222 g/mol. The zero-order valence-electron chi connectivity index (χ0n) is 9.62. The Morgan fingerprint density at radius 3 is 2.81 bits per heavy atom. The quantitative estimate of drug-likeness (QED) is 0.817. The molecule has 1 fully saturated rings. The van der Waals surface area contributed by atoms with Gasteiger partial charge in [-0.1, -0.05) is 17.7 Å². The van der Waals surface area contributed by atoms with Crippen molar-refractivity contribution >= 4 is 11.6 Å². The van der Waals surface area contributed by atoms with E-state index in [1.165, 1.54) is 18.4 Å². The number of nitrogens with zero attached hydrogens (tertiary/aromatic N) is 2. The number of hydrogen-bond donors (Lipinski definition) is 1. The third-order valence-corrected chi connectivity index (χ3v) is 3.38. The molecule has 0 radical (unpaired) electrons. The van der Waals surface area contributed by atoms with E-state index in [9.17, 15) is 0 Å². The van der Waals surface area contributed by atoms with Crippen molar-refractivity contribution in [3.8, 4) is 0 Å². The molecule has 1 aromatic heterocycles. The Morgan fingerprint density at radius 1 is 1.44 bits per heavy atom. The van der Waals surface area contributed by atoms with Crippen LogP contribution in [-0.4, -0.2) is 36.1 Å². The topological polar surface area (TPSA) is 28.2 Å². The minimum Gasteiger partial charge on any atom is -0.317 e. The van der Waals surface area contributed by atoms with Gasteiger partial charge in [-0.15, -0.1) is 0 Å². The number of hydrogen-bond acceptors (Lipinski definition) is 3. The Bertz CT molecular complexity index is 320. The summed E-state index contributed by atoms with van der Waals surface area (Å²) in [7, 11) is 2.19. The van der Waals surface area contributed by atoms with Crippen LogP contribution >= 0.6 is 11.6 Å². The van der Waals surface area contributed by atoms with E-state index in [-0.39, 0.29) is 0 Å². The summed E-state index contributed by atoms with van der Waals surface area (Å²) in [5.41, 5.74) is 1.23. The van der Waals surface area contributed by atoms with Crippen molar-refractivity contribution in [2.24, 2.45) is 0 Å². The molecule has 2 rings (SSSR count). The van der Waals surface area contributed by atoms with Crippen molar-refractivity contribution in [3.63, 3.8) is 0 Å². The highest BCUT2D eigenvalue weighted by Gasteiger charge is 2.17. The van der Waals surface area contributed by atoms with E-state index in [0.29, 0.717) is 11.2 Å². The van der Waals surface area contributed by atoms with Gasteiger partial charge in [0.05, 0.1) is 0 Å². The lowest BCUT2D eigenvalue weighted by Gasteiger charge is -2.31. The number of halogens is 1. The second kappa shape index (κ2) is 5.62. The van der Waals surface area contributed by atoms with Crippen LogP contribution in [0.4, 0.5) is 0 Å². The lowest BCUT2D eigenvalue weighted by molar-refractivity contribution is 0.191. The molecule has 1 aromatic rings. The zero-order valence-corrected chi connectivity index (χ0v) is 10.4. The molecule has 0 unspecified atom stereocenters. The van der Waals surface area contributed by atoms with E-state index in [0.717, 1.165) is 19.6 Å². The van der Waals surface area contributed by atoms with Gasteiger partial charge in [0.15, 0.2) is 0 Å². The number of nitrogens with one attached hydrogen (secondary N) is 1. The largest absolute Gasteiger partial charge is 0.317 e. The fourth-order valence-electron chi connectivity index (χ4n) is 2.16. The molecule has 0 bridgehead atoms. The van der Waals surface area contributed by atoms with Crippen molar-refractivity contribution in [1.82, 2.24) is 15.2 Å². The third kappa shape index (κ3) is 3.17. The highest BCUT2D eigenvalue weighted by Crippen LogP contribution is 2.14. The van der Waals surface area contributed by atoms with Crippen molar-refractivity contribution in [3.05, 3.63) is 29.0 Å². The van der Waals surface area contributed by atoms with Gasteiger partial charge in [0, 0.05) is 18.8 Å². The third-order valence-electron chi connectivity index (χ3n) is 3.15. The summed E-state index contributed by atoms with van der Waals surface area (Å²) >= 11 is 5.76.